The third-order valence-electron chi connectivity index (χ3n) is 1.97. The Kier molecular flexibility index (Phi) is 3.93. The molecule has 2 nitrogen and oxygen atoms in total. The van der Waals surface area contributed by atoms with Gasteiger partial charge in [-0.1, -0.05) is 22.5 Å². The first-order chi connectivity index (χ1) is 5.59. The Morgan fingerprint density at radius 1 is 1.83 bits per heavy atom. The van der Waals surface area contributed by atoms with Crippen molar-refractivity contribution in [2.24, 2.45) is 0 Å². The molecule has 0 saturated carbocycles. The lowest BCUT2D eigenvalue weighted by molar-refractivity contribution is 0.311. The van der Waals surface area contributed by atoms with Gasteiger partial charge >= 0.3 is 0 Å². The van der Waals surface area contributed by atoms with Crippen LogP contribution in [0.4, 0.5) is 0 Å². The average Bonchev–Trinajstić information content (AvgIpc) is 1.96. The highest BCUT2D eigenvalue weighted by Gasteiger charge is 2.21. The van der Waals surface area contributed by atoms with Crippen molar-refractivity contribution in [2.75, 3.05) is 25.4 Å². The van der Waals surface area contributed by atoms with Crippen molar-refractivity contribution in [3.05, 3.63) is 11.1 Å². The molecule has 2 atom stereocenters. The number of nitrogens with zero attached hydrogens (tertiary/aromatic N) is 1. The Bertz CT molecular complexity index is 207. The van der Waals surface area contributed by atoms with E-state index in [1.54, 1.807) is 0 Å². The number of halogens is 1. The van der Waals surface area contributed by atoms with E-state index < -0.39 is 10.8 Å². The lowest BCUT2D eigenvalue weighted by Crippen LogP contribution is -2.43. The molecular formula is C8H14BrNOS. The SMILES string of the molecule is C=C(Br)CN1CCS(=O)C(C)C1. The van der Waals surface area contributed by atoms with Crippen molar-refractivity contribution < 1.29 is 4.21 Å². The van der Waals surface area contributed by atoms with E-state index >= 15 is 0 Å². The topological polar surface area (TPSA) is 20.3 Å². The summed E-state index contributed by atoms with van der Waals surface area (Å²) in [5.74, 6) is 0.807. The molecule has 0 bridgehead atoms. The summed E-state index contributed by atoms with van der Waals surface area (Å²) in [5, 5.41) is 0.311. The summed E-state index contributed by atoms with van der Waals surface area (Å²) >= 11 is 3.33. The molecule has 0 aromatic heterocycles. The molecule has 1 aliphatic rings. The van der Waals surface area contributed by atoms with Crippen LogP contribution in [-0.4, -0.2) is 39.7 Å². The predicted molar refractivity (Wildman–Crippen MR) is 57.0 cm³/mol. The van der Waals surface area contributed by atoms with E-state index in [0.717, 1.165) is 29.9 Å². The zero-order valence-electron chi connectivity index (χ0n) is 7.25. The van der Waals surface area contributed by atoms with Crippen molar-refractivity contribution in [3.8, 4) is 0 Å². The van der Waals surface area contributed by atoms with Crippen LogP contribution in [-0.2, 0) is 10.8 Å². The molecule has 1 saturated heterocycles. The Hall–Kier alpha value is 0.330. The normalized spacial score (nSPS) is 31.8. The summed E-state index contributed by atoms with van der Waals surface area (Å²) in [4.78, 5) is 2.28. The van der Waals surface area contributed by atoms with Gasteiger partial charge in [-0.15, -0.1) is 0 Å². The lowest BCUT2D eigenvalue weighted by Gasteiger charge is -2.29. The maximum atomic E-state index is 11.3. The van der Waals surface area contributed by atoms with Crippen LogP contribution in [0.5, 0.6) is 0 Å². The minimum absolute atomic E-state index is 0.311. The molecule has 12 heavy (non-hydrogen) atoms. The molecular weight excluding hydrogens is 238 g/mol. The van der Waals surface area contributed by atoms with Crippen LogP contribution in [0.3, 0.4) is 0 Å². The van der Waals surface area contributed by atoms with Gasteiger partial charge in [-0.2, -0.15) is 0 Å². The molecule has 0 amide bonds. The summed E-state index contributed by atoms with van der Waals surface area (Å²) in [6.45, 7) is 8.57. The Morgan fingerprint density at radius 2 is 2.50 bits per heavy atom. The summed E-state index contributed by atoms with van der Waals surface area (Å²) < 4.78 is 12.3. The van der Waals surface area contributed by atoms with Crippen molar-refractivity contribution >= 4 is 26.7 Å². The van der Waals surface area contributed by atoms with Gasteiger partial charge in [-0.3, -0.25) is 9.11 Å². The van der Waals surface area contributed by atoms with Crippen LogP contribution in [0, 0.1) is 0 Å². The van der Waals surface area contributed by atoms with Crippen molar-refractivity contribution in [3.63, 3.8) is 0 Å². The highest BCUT2D eigenvalue weighted by atomic mass is 79.9. The van der Waals surface area contributed by atoms with Crippen LogP contribution in [0.2, 0.25) is 0 Å². The van der Waals surface area contributed by atoms with E-state index in [2.05, 4.69) is 27.4 Å². The van der Waals surface area contributed by atoms with Gasteiger partial charge in [0.2, 0.25) is 0 Å². The van der Waals surface area contributed by atoms with E-state index in [0.29, 0.717) is 5.25 Å². The van der Waals surface area contributed by atoms with E-state index in [4.69, 9.17) is 0 Å². The van der Waals surface area contributed by atoms with Gasteiger partial charge in [0.25, 0.3) is 0 Å². The van der Waals surface area contributed by atoms with Crippen LogP contribution in [0.1, 0.15) is 6.92 Å². The molecule has 0 aromatic carbocycles. The van der Waals surface area contributed by atoms with Crippen LogP contribution >= 0.6 is 15.9 Å². The maximum absolute atomic E-state index is 11.3. The standard InChI is InChI=1S/C8H14BrNOS/c1-7(9)5-10-3-4-12(11)8(2)6-10/h8H,1,3-6H2,2H3. The predicted octanol–water partition coefficient (Wildman–Crippen LogP) is 1.35. The smallest absolute Gasteiger partial charge is 0.0447 e. The van der Waals surface area contributed by atoms with Crippen LogP contribution < -0.4 is 0 Å². The highest BCUT2D eigenvalue weighted by Crippen LogP contribution is 2.11. The molecule has 1 heterocycles. The van der Waals surface area contributed by atoms with Crippen molar-refractivity contribution in [2.45, 2.75) is 12.2 Å². The first kappa shape index (κ1) is 10.4. The molecule has 0 aliphatic carbocycles. The monoisotopic (exact) mass is 251 g/mol. The molecule has 0 N–H and O–H groups in total. The van der Waals surface area contributed by atoms with Gasteiger partial charge in [-0.05, 0) is 6.92 Å². The van der Waals surface area contributed by atoms with Gasteiger partial charge in [-0.25, -0.2) is 0 Å². The quantitative estimate of drug-likeness (QED) is 0.739. The fraction of sp³-hybridized carbons (Fsp3) is 0.750. The third-order valence-corrected chi connectivity index (χ3v) is 3.85. The fourth-order valence-electron chi connectivity index (χ4n) is 1.34. The summed E-state index contributed by atoms with van der Waals surface area (Å²) in [6.07, 6.45) is 0. The number of hydrogen-bond donors (Lipinski definition) is 0. The van der Waals surface area contributed by atoms with E-state index in [1.165, 1.54) is 0 Å². The first-order valence-corrected chi connectivity index (χ1v) is 6.20. The van der Waals surface area contributed by atoms with Gasteiger partial charge in [0, 0.05) is 45.9 Å². The maximum Gasteiger partial charge on any atom is 0.0447 e. The summed E-state index contributed by atoms with van der Waals surface area (Å²) in [7, 11) is -0.607. The molecule has 4 heteroatoms. The molecule has 70 valence electrons. The second-order valence-corrected chi connectivity index (χ2v) is 6.24. The third kappa shape index (κ3) is 2.99. The second-order valence-electron chi connectivity index (χ2n) is 3.15. The van der Waals surface area contributed by atoms with Crippen LogP contribution in [0.15, 0.2) is 11.1 Å². The van der Waals surface area contributed by atoms with Gasteiger partial charge in [0.1, 0.15) is 0 Å². The molecule has 1 fully saturated rings. The second kappa shape index (κ2) is 4.53. The molecule has 1 aliphatic heterocycles. The molecule has 0 radical (unpaired) electrons. The highest BCUT2D eigenvalue weighted by molar-refractivity contribution is 9.11. The Labute approximate surface area is 84.6 Å². The zero-order valence-corrected chi connectivity index (χ0v) is 9.66. The molecule has 2 unspecified atom stereocenters. The largest absolute Gasteiger partial charge is 0.296 e. The number of hydrogen-bond acceptors (Lipinski definition) is 2. The van der Waals surface area contributed by atoms with Gasteiger partial charge in [0.15, 0.2) is 0 Å². The lowest BCUT2D eigenvalue weighted by atomic mass is 10.4. The Morgan fingerprint density at radius 3 is 3.00 bits per heavy atom. The van der Waals surface area contributed by atoms with E-state index in [-0.39, 0.29) is 0 Å². The summed E-state index contributed by atoms with van der Waals surface area (Å²) in [6, 6.07) is 0. The minimum Gasteiger partial charge on any atom is -0.296 e. The van der Waals surface area contributed by atoms with Gasteiger partial charge < -0.3 is 0 Å². The number of rotatable bonds is 2. The Balaban J connectivity index is 2.40. The minimum atomic E-state index is -0.607. The van der Waals surface area contributed by atoms with Crippen molar-refractivity contribution in [1.29, 1.82) is 0 Å². The fourth-order valence-corrected chi connectivity index (χ4v) is 2.92. The molecule has 0 aromatic rings. The van der Waals surface area contributed by atoms with E-state index in [1.807, 2.05) is 6.92 Å². The zero-order chi connectivity index (χ0) is 9.14. The van der Waals surface area contributed by atoms with Gasteiger partial charge in [0.05, 0.1) is 0 Å². The van der Waals surface area contributed by atoms with Crippen molar-refractivity contribution in [1.82, 2.24) is 4.90 Å². The molecule has 1 rings (SSSR count). The summed E-state index contributed by atoms with van der Waals surface area (Å²) in [5.41, 5.74) is 0. The van der Waals surface area contributed by atoms with Crippen LogP contribution in [0.25, 0.3) is 0 Å². The molecule has 0 spiro atoms. The average molecular weight is 252 g/mol. The first-order valence-electron chi connectivity index (χ1n) is 4.02. The van der Waals surface area contributed by atoms with E-state index in [9.17, 15) is 4.21 Å².